The fraction of sp³-hybridized carbons (Fsp3) is 0.818. The summed E-state index contributed by atoms with van der Waals surface area (Å²) in [5.74, 6) is -1.84. The molecule has 0 aromatic heterocycles. The summed E-state index contributed by atoms with van der Waals surface area (Å²) in [4.78, 5) is 49.6. The van der Waals surface area contributed by atoms with E-state index in [0.717, 1.165) is 0 Å². The highest BCUT2D eigenvalue weighted by molar-refractivity contribution is 5.90. The lowest BCUT2D eigenvalue weighted by Gasteiger charge is -2.27. The first-order chi connectivity index (χ1) is 14.1. The third-order valence-electron chi connectivity index (χ3n) is 4.12. The zero-order chi connectivity index (χ0) is 24.4. The van der Waals surface area contributed by atoms with Crippen LogP contribution in [0.15, 0.2) is 0 Å². The monoisotopic (exact) mass is 444 g/mol. The van der Waals surface area contributed by atoms with Gasteiger partial charge in [-0.3, -0.25) is 9.59 Å². The summed E-state index contributed by atoms with van der Waals surface area (Å²) in [6.07, 6.45) is -0.284. The fourth-order valence-corrected chi connectivity index (χ4v) is 2.53. The highest BCUT2D eigenvalue weighted by Crippen LogP contribution is 2.13. The fourth-order valence-electron chi connectivity index (χ4n) is 2.53. The summed E-state index contributed by atoms with van der Waals surface area (Å²) in [6.45, 7) is 15.9. The van der Waals surface area contributed by atoms with E-state index < -0.39 is 47.2 Å². The minimum atomic E-state index is -1.09. The average molecular weight is 445 g/mol. The summed E-state index contributed by atoms with van der Waals surface area (Å²) in [6, 6.07) is -1.97. The number of carbonyl (C=O) groups is 4. The van der Waals surface area contributed by atoms with Crippen LogP contribution in [0.2, 0.25) is 0 Å². The molecule has 1 unspecified atom stereocenters. The van der Waals surface area contributed by atoms with E-state index in [1.807, 2.05) is 13.8 Å². The smallest absolute Gasteiger partial charge is 0.408 e. The number of alkyl carbamates (subject to hydrolysis) is 1. The molecular weight excluding hydrogens is 404 g/mol. The van der Waals surface area contributed by atoms with Crippen LogP contribution in [0.5, 0.6) is 0 Å². The van der Waals surface area contributed by atoms with Crippen molar-refractivity contribution in [3.8, 4) is 0 Å². The molecule has 3 atom stereocenters. The Labute approximate surface area is 185 Å². The van der Waals surface area contributed by atoms with Crippen LogP contribution in [0.4, 0.5) is 4.79 Å². The molecule has 9 heteroatoms. The van der Waals surface area contributed by atoms with Gasteiger partial charge in [-0.1, -0.05) is 20.3 Å². The van der Waals surface area contributed by atoms with Crippen LogP contribution in [0.3, 0.4) is 0 Å². The first kappa shape index (κ1) is 28.7. The van der Waals surface area contributed by atoms with E-state index in [1.54, 1.807) is 48.5 Å². The van der Waals surface area contributed by atoms with Gasteiger partial charge in [0.25, 0.3) is 0 Å². The normalized spacial score (nSPS) is 14.6. The summed E-state index contributed by atoms with van der Waals surface area (Å²) >= 11 is 0. The minimum Gasteiger partial charge on any atom is -0.464 e. The second-order valence-corrected chi connectivity index (χ2v) is 9.45. The maximum Gasteiger partial charge on any atom is 0.408 e. The van der Waals surface area contributed by atoms with Crippen molar-refractivity contribution >= 4 is 23.9 Å². The number of ether oxygens (including phenoxy) is 3. The van der Waals surface area contributed by atoms with Crippen molar-refractivity contribution < 1.29 is 33.4 Å². The zero-order valence-electron chi connectivity index (χ0n) is 20.4. The van der Waals surface area contributed by atoms with Crippen molar-refractivity contribution in [3.05, 3.63) is 0 Å². The van der Waals surface area contributed by atoms with Gasteiger partial charge < -0.3 is 24.8 Å². The van der Waals surface area contributed by atoms with Gasteiger partial charge in [-0.25, -0.2) is 9.59 Å². The summed E-state index contributed by atoms with van der Waals surface area (Å²) in [5.41, 5.74) is -1.43. The Morgan fingerprint density at radius 2 is 1.42 bits per heavy atom. The van der Waals surface area contributed by atoms with Crippen molar-refractivity contribution in [2.24, 2.45) is 5.92 Å². The Kier molecular flexibility index (Phi) is 11.6. The van der Waals surface area contributed by atoms with Crippen LogP contribution in [0.25, 0.3) is 0 Å². The molecule has 0 aromatic carbocycles. The molecule has 2 amide bonds. The molecule has 0 saturated carbocycles. The van der Waals surface area contributed by atoms with E-state index in [9.17, 15) is 19.2 Å². The highest BCUT2D eigenvalue weighted by atomic mass is 16.6. The average Bonchev–Trinajstić information content (AvgIpc) is 2.59. The lowest BCUT2D eigenvalue weighted by molar-refractivity contribution is -0.155. The Hall–Kier alpha value is -2.32. The van der Waals surface area contributed by atoms with Crippen LogP contribution < -0.4 is 10.6 Å². The maximum absolute atomic E-state index is 12.9. The quantitative estimate of drug-likeness (QED) is 0.392. The van der Waals surface area contributed by atoms with Crippen LogP contribution in [-0.2, 0) is 28.6 Å². The second kappa shape index (κ2) is 12.5. The number of hydrogen-bond donors (Lipinski definition) is 2. The van der Waals surface area contributed by atoms with Gasteiger partial charge in [0.1, 0.15) is 23.3 Å². The molecule has 0 aliphatic heterocycles. The van der Waals surface area contributed by atoms with Crippen LogP contribution >= 0.6 is 0 Å². The number of amides is 2. The van der Waals surface area contributed by atoms with Gasteiger partial charge in [0, 0.05) is 6.42 Å². The minimum absolute atomic E-state index is 0.0178. The summed E-state index contributed by atoms with van der Waals surface area (Å²) < 4.78 is 15.6. The van der Waals surface area contributed by atoms with Crippen molar-refractivity contribution in [2.45, 2.75) is 105 Å². The SMILES string of the molecule is CCOC(=O)[C@@H](NC(=O)[C@H](CCC(=O)OC(C)(C)C)NC(=O)OC(C)(C)C)C(C)CC. The van der Waals surface area contributed by atoms with Gasteiger partial charge in [0.15, 0.2) is 0 Å². The van der Waals surface area contributed by atoms with Gasteiger partial charge in [-0.05, 0) is 60.8 Å². The van der Waals surface area contributed by atoms with E-state index >= 15 is 0 Å². The highest BCUT2D eigenvalue weighted by Gasteiger charge is 2.32. The van der Waals surface area contributed by atoms with Crippen LogP contribution in [-0.4, -0.2) is 53.8 Å². The first-order valence-corrected chi connectivity index (χ1v) is 10.8. The standard InChI is InChI=1S/C22H40N2O7/c1-10-14(3)17(19(27)29-11-2)24-18(26)15(23-20(28)31-22(7,8)9)12-13-16(25)30-21(4,5)6/h14-15,17H,10-13H2,1-9H3,(H,23,28)(H,24,26)/t14?,15-,17-/m0/s1. The van der Waals surface area contributed by atoms with Crippen molar-refractivity contribution in [1.29, 1.82) is 0 Å². The topological polar surface area (TPSA) is 120 Å². The van der Waals surface area contributed by atoms with Crippen molar-refractivity contribution in [3.63, 3.8) is 0 Å². The van der Waals surface area contributed by atoms with Crippen LogP contribution in [0.1, 0.15) is 81.6 Å². The van der Waals surface area contributed by atoms with Gasteiger partial charge in [0.2, 0.25) is 5.91 Å². The van der Waals surface area contributed by atoms with Crippen molar-refractivity contribution in [1.82, 2.24) is 10.6 Å². The molecule has 31 heavy (non-hydrogen) atoms. The number of esters is 2. The summed E-state index contributed by atoms with van der Waals surface area (Å²) in [5, 5.41) is 5.15. The maximum atomic E-state index is 12.9. The van der Waals surface area contributed by atoms with E-state index in [-0.39, 0.29) is 25.4 Å². The number of rotatable bonds is 10. The lowest BCUT2D eigenvalue weighted by Crippen LogP contribution is -2.54. The molecule has 9 nitrogen and oxygen atoms in total. The molecule has 180 valence electrons. The molecular formula is C22H40N2O7. The molecule has 0 radical (unpaired) electrons. The van der Waals surface area contributed by atoms with Crippen LogP contribution in [0, 0.1) is 5.92 Å². The van der Waals surface area contributed by atoms with Crippen molar-refractivity contribution in [2.75, 3.05) is 6.61 Å². The summed E-state index contributed by atoms with van der Waals surface area (Å²) in [7, 11) is 0. The number of nitrogens with one attached hydrogen (secondary N) is 2. The Bertz CT molecular complexity index is 620. The van der Waals surface area contributed by atoms with E-state index in [2.05, 4.69) is 10.6 Å². The molecule has 0 aromatic rings. The van der Waals surface area contributed by atoms with Gasteiger partial charge >= 0.3 is 18.0 Å². The number of hydrogen-bond acceptors (Lipinski definition) is 7. The molecule has 0 saturated heterocycles. The van der Waals surface area contributed by atoms with E-state index in [4.69, 9.17) is 14.2 Å². The predicted molar refractivity (Wildman–Crippen MR) is 116 cm³/mol. The third kappa shape index (κ3) is 12.9. The molecule has 0 aliphatic carbocycles. The van der Waals surface area contributed by atoms with Gasteiger partial charge in [-0.2, -0.15) is 0 Å². The van der Waals surface area contributed by atoms with Gasteiger partial charge in [0.05, 0.1) is 6.61 Å². The third-order valence-corrected chi connectivity index (χ3v) is 4.12. The van der Waals surface area contributed by atoms with E-state index in [0.29, 0.717) is 6.42 Å². The first-order valence-electron chi connectivity index (χ1n) is 10.8. The molecule has 2 N–H and O–H groups in total. The predicted octanol–water partition coefficient (Wildman–Crippen LogP) is 3.10. The Morgan fingerprint density at radius 1 is 0.871 bits per heavy atom. The van der Waals surface area contributed by atoms with E-state index in [1.165, 1.54) is 0 Å². The molecule has 0 bridgehead atoms. The lowest BCUT2D eigenvalue weighted by atomic mass is 9.98. The Morgan fingerprint density at radius 3 is 1.87 bits per heavy atom. The zero-order valence-corrected chi connectivity index (χ0v) is 20.4. The Balaban J connectivity index is 5.42. The van der Waals surface area contributed by atoms with Gasteiger partial charge in [-0.15, -0.1) is 0 Å². The molecule has 0 heterocycles. The molecule has 0 aliphatic rings. The molecule has 0 spiro atoms. The molecule has 0 rings (SSSR count). The largest absolute Gasteiger partial charge is 0.464 e. The second-order valence-electron chi connectivity index (χ2n) is 9.45. The number of carbonyl (C=O) groups excluding carboxylic acids is 4. The molecule has 0 fully saturated rings.